The van der Waals surface area contributed by atoms with Crippen molar-refractivity contribution in [3.8, 4) is 0 Å². The van der Waals surface area contributed by atoms with Crippen LogP contribution in [-0.4, -0.2) is 16.7 Å². The predicted octanol–water partition coefficient (Wildman–Crippen LogP) is 4.40. The van der Waals surface area contributed by atoms with E-state index in [2.05, 4.69) is 5.32 Å². The summed E-state index contributed by atoms with van der Waals surface area (Å²) in [5.74, 6) is -0.654. The van der Waals surface area contributed by atoms with Gasteiger partial charge in [0.25, 0.3) is 5.69 Å². The second-order valence-electron chi connectivity index (χ2n) is 6.93. The summed E-state index contributed by atoms with van der Waals surface area (Å²) in [6.45, 7) is 0.406. The van der Waals surface area contributed by atoms with Gasteiger partial charge in [0.05, 0.1) is 10.6 Å². The highest BCUT2D eigenvalue weighted by Gasteiger charge is 2.29. The van der Waals surface area contributed by atoms with E-state index in [4.69, 9.17) is 0 Å². The zero-order valence-electron chi connectivity index (χ0n) is 15.6. The summed E-state index contributed by atoms with van der Waals surface area (Å²) in [6, 6.07) is 18.3. The van der Waals surface area contributed by atoms with Crippen molar-refractivity contribution in [2.75, 3.05) is 10.2 Å². The Kier molecular flexibility index (Phi) is 4.95. The van der Waals surface area contributed by atoms with Crippen LogP contribution in [0.5, 0.6) is 0 Å². The van der Waals surface area contributed by atoms with Gasteiger partial charge in [0, 0.05) is 25.5 Å². The van der Waals surface area contributed by atoms with Gasteiger partial charge in [-0.25, -0.2) is 0 Å². The molecule has 0 radical (unpaired) electrons. The van der Waals surface area contributed by atoms with Gasteiger partial charge in [-0.05, 0) is 34.9 Å². The van der Waals surface area contributed by atoms with Gasteiger partial charge in [-0.15, -0.1) is 0 Å². The van der Waals surface area contributed by atoms with Crippen molar-refractivity contribution in [2.45, 2.75) is 25.8 Å². The van der Waals surface area contributed by atoms with E-state index < -0.39 is 4.92 Å². The number of anilines is 2. The fraction of sp³-hybridized carbons (Fsp3) is 0.182. The smallest absolute Gasteiger partial charge is 0.294 e. The van der Waals surface area contributed by atoms with Crippen LogP contribution in [0, 0.1) is 10.1 Å². The molecule has 1 N–H and O–H groups in total. The van der Waals surface area contributed by atoms with Gasteiger partial charge in [-0.2, -0.15) is 0 Å². The number of piperidine rings is 1. The predicted molar refractivity (Wildman–Crippen MR) is 111 cm³/mol. The Morgan fingerprint density at radius 3 is 2.45 bits per heavy atom. The number of benzene rings is 3. The minimum absolute atomic E-state index is 0.172. The Balaban J connectivity index is 1.63. The van der Waals surface area contributed by atoms with E-state index in [0.29, 0.717) is 18.7 Å². The number of carbonyl (C=O) groups is 2. The molecule has 2 amide bonds. The van der Waals surface area contributed by atoms with Gasteiger partial charge in [0.15, 0.2) is 0 Å². The molecule has 3 aromatic carbocycles. The number of nitrogens with one attached hydrogen (secondary N) is 1. The minimum atomic E-state index is -0.506. The maximum atomic E-state index is 12.1. The second-order valence-corrected chi connectivity index (χ2v) is 6.93. The first-order valence-electron chi connectivity index (χ1n) is 9.39. The average Bonchev–Trinajstić information content (AvgIpc) is 2.72. The summed E-state index contributed by atoms with van der Waals surface area (Å²) >= 11 is 0. The van der Waals surface area contributed by atoms with Gasteiger partial charge < -0.3 is 5.32 Å². The highest BCUT2D eigenvalue weighted by Crippen LogP contribution is 2.32. The van der Waals surface area contributed by atoms with E-state index in [1.54, 1.807) is 12.1 Å². The Morgan fingerprint density at radius 2 is 1.69 bits per heavy atom. The molecule has 29 heavy (non-hydrogen) atoms. The topological polar surface area (TPSA) is 92.6 Å². The number of hydrogen-bond donors (Lipinski definition) is 1. The maximum Gasteiger partial charge on any atom is 0.294 e. The third kappa shape index (κ3) is 3.67. The van der Waals surface area contributed by atoms with Crippen molar-refractivity contribution in [2.24, 2.45) is 0 Å². The van der Waals surface area contributed by atoms with Crippen LogP contribution in [0.1, 0.15) is 24.8 Å². The lowest BCUT2D eigenvalue weighted by Crippen LogP contribution is -2.40. The highest BCUT2D eigenvalue weighted by molar-refractivity contribution is 6.16. The third-order valence-electron chi connectivity index (χ3n) is 5.07. The number of rotatable bonds is 5. The lowest BCUT2D eigenvalue weighted by atomic mass is 10.0. The number of nitrogens with zero attached hydrogens (tertiary/aromatic N) is 2. The molecule has 0 spiro atoms. The molecular formula is C22H19N3O4. The number of amides is 2. The van der Waals surface area contributed by atoms with Gasteiger partial charge in [-0.3, -0.25) is 24.6 Å². The molecular weight excluding hydrogens is 370 g/mol. The van der Waals surface area contributed by atoms with Crippen LogP contribution < -0.4 is 10.2 Å². The Labute approximate surface area is 167 Å². The zero-order chi connectivity index (χ0) is 20.4. The number of carbonyl (C=O) groups excluding carboxylic acids is 2. The molecule has 146 valence electrons. The number of nitro benzene ring substituents is 1. The molecule has 1 heterocycles. The number of imide groups is 1. The first-order valence-corrected chi connectivity index (χ1v) is 9.39. The van der Waals surface area contributed by atoms with Crippen LogP contribution in [0.4, 0.5) is 17.1 Å². The molecule has 0 aromatic heterocycles. The maximum absolute atomic E-state index is 12.1. The van der Waals surface area contributed by atoms with Crippen molar-refractivity contribution in [3.05, 3.63) is 76.3 Å². The number of fused-ring (bicyclic) bond motifs is 1. The SMILES string of the molecule is O=C1CCCC(=O)N1c1ccc(NCc2cccc3ccccc23)c([N+](=O)[O-])c1. The molecule has 1 fully saturated rings. The van der Waals surface area contributed by atoms with E-state index >= 15 is 0 Å². The van der Waals surface area contributed by atoms with Crippen LogP contribution in [0.25, 0.3) is 10.8 Å². The van der Waals surface area contributed by atoms with E-state index in [9.17, 15) is 19.7 Å². The number of hydrogen-bond acceptors (Lipinski definition) is 5. The van der Waals surface area contributed by atoms with E-state index in [1.807, 2.05) is 42.5 Å². The van der Waals surface area contributed by atoms with Crippen LogP contribution in [-0.2, 0) is 16.1 Å². The van der Waals surface area contributed by atoms with Crippen molar-refractivity contribution in [1.29, 1.82) is 0 Å². The molecule has 1 saturated heterocycles. The molecule has 0 unspecified atom stereocenters. The van der Waals surface area contributed by atoms with Gasteiger partial charge in [0.2, 0.25) is 11.8 Å². The summed E-state index contributed by atoms with van der Waals surface area (Å²) in [7, 11) is 0. The lowest BCUT2D eigenvalue weighted by molar-refractivity contribution is -0.383. The van der Waals surface area contributed by atoms with Crippen LogP contribution in [0.15, 0.2) is 60.7 Å². The zero-order valence-corrected chi connectivity index (χ0v) is 15.6. The van der Waals surface area contributed by atoms with Crippen molar-refractivity contribution < 1.29 is 14.5 Å². The molecule has 0 bridgehead atoms. The molecule has 0 aliphatic carbocycles. The summed E-state index contributed by atoms with van der Waals surface area (Å²) in [6.07, 6.45) is 1.04. The molecule has 1 aliphatic rings. The first-order chi connectivity index (χ1) is 14.0. The monoisotopic (exact) mass is 389 g/mol. The lowest BCUT2D eigenvalue weighted by Gasteiger charge is -2.25. The summed E-state index contributed by atoms with van der Waals surface area (Å²) in [5.41, 5.74) is 1.42. The molecule has 1 aliphatic heterocycles. The molecule has 0 atom stereocenters. The molecule has 0 saturated carbocycles. The van der Waals surface area contributed by atoms with Crippen LogP contribution >= 0.6 is 0 Å². The Hall–Kier alpha value is -3.74. The third-order valence-corrected chi connectivity index (χ3v) is 5.07. The first kappa shape index (κ1) is 18.6. The fourth-order valence-electron chi connectivity index (χ4n) is 3.64. The highest BCUT2D eigenvalue weighted by atomic mass is 16.6. The Morgan fingerprint density at radius 1 is 0.966 bits per heavy atom. The van der Waals surface area contributed by atoms with Crippen molar-refractivity contribution in [3.63, 3.8) is 0 Å². The van der Waals surface area contributed by atoms with Crippen LogP contribution in [0.3, 0.4) is 0 Å². The van der Waals surface area contributed by atoms with Crippen molar-refractivity contribution >= 4 is 39.6 Å². The minimum Gasteiger partial charge on any atom is -0.375 e. The second kappa shape index (κ2) is 7.71. The van der Waals surface area contributed by atoms with E-state index in [0.717, 1.165) is 21.2 Å². The van der Waals surface area contributed by atoms with Crippen molar-refractivity contribution in [1.82, 2.24) is 0 Å². The summed E-state index contributed by atoms with van der Waals surface area (Å²) in [4.78, 5) is 36.4. The van der Waals surface area contributed by atoms with E-state index in [1.165, 1.54) is 6.07 Å². The molecule has 3 aromatic rings. The number of nitro groups is 1. The quantitative estimate of drug-likeness (QED) is 0.397. The molecule has 4 rings (SSSR count). The van der Waals surface area contributed by atoms with Gasteiger partial charge in [-0.1, -0.05) is 42.5 Å². The van der Waals surface area contributed by atoms with Gasteiger partial charge >= 0.3 is 0 Å². The summed E-state index contributed by atoms with van der Waals surface area (Å²) < 4.78 is 0. The normalized spacial score (nSPS) is 14.3. The fourth-order valence-corrected chi connectivity index (χ4v) is 3.64. The van der Waals surface area contributed by atoms with Crippen LogP contribution in [0.2, 0.25) is 0 Å². The Bertz CT molecular complexity index is 1100. The standard InChI is InChI=1S/C22H19N3O4/c26-21-9-4-10-22(27)24(21)17-11-12-19(20(13-17)25(28)29)23-14-16-7-3-6-15-5-1-2-8-18(15)16/h1-3,5-8,11-13,23H,4,9-10,14H2. The largest absolute Gasteiger partial charge is 0.375 e. The van der Waals surface area contributed by atoms with Gasteiger partial charge in [0.1, 0.15) is 5.69 Å². The molecule has 7 nitrogen and oxygen atoms in total. The molecule has 7 heteroatoms. The summed E-state index contributed by atoms with van der Waals surface area (Å²) in [5, 5.41) is 16.9. The average molecular weight is 389 g/mol. The van der Waals surface area contributed by atoms with E-state index in [-0.39, 0.29) is 36.0 Å².